The highest BCUT2D eigenvalue weighted by Gasteiger charge is 2.37. The molecule has 16 heavy (non-hydrogen) atoms. The van der Waals surface area contributed by atoms with Gasteiger partial charge in [0.2, 0.25) is 0 Å². The van der Waals surface area contributed by atoms with E-state index >= 15 is 0 Å². The van der Waals surface area contributed by atoms with Crippen molar-refractivity contribution in [1.82, 2.24) is 10.6 Å². The average Bonchev–Trinajstić information content (AvgIpc) is 2.95. The van der Waals surface area contributed by atoms with Gasteiger partial charge in [-0.05, 0) is 18.3 Å². The highest BCUT2D eigenvalue weighted by Crippen LogP contribution is 2.43. The minimum absolute atomic E-state index is 0.0334. The van der Waals surface area contributed by atoms with Crippen LogP contribution in [0.25, 0.3) is 0 Å². The van der Waals surface area contributed by atoms with E-state index in [0.717, 1.165) is 12.8 Å². The Kier molecular flexibility index (Phi) is 4.12. The van der Waals surface area contributed by atoms with Gasteiger partial charge in [-0.2, -0.15) is 0 Å². The Bertz CT molecular complexity index is 276. The number of ether oxygens (including phenoxy) is 1. The van der Waals surface area contributed by atoms with E-state index in [0.29, 0.717) is 6.54 Å². The third kappa shape index (κ3) is 4.06. The zero-order valence-corrected chi connectivity index (χ0v) is 9.58. The number of rotatable bonds is 6. The van der Waals surface area contributed by atoms with Crippen LogP contribution < -0.4 is 10.6 Å². The minimum atomic E-state index is -1.09. The molecule has 1 atom stereocenters. The quantitative estimate of drug-likeness (QED) is 0.607. The minimum Gasteiger partial charge on any atom is -0.479 e. The topological polar surface area (TPSA) is 87.7 Å². The molecule has 0 aromatic carbocycles. The lowest BCUT2D eigenvalue weighted by Crippen LogP contribution is -2.44. The number of hydrogen-bond donors (Lipinski definition) is 3. The monoisotopic (exact) mass is 230 g/mol. The van der Waals surface area contributed by atoms with E-state index in [1.54, 1.807) is 0 Å². The number of carboxylic acid groups (broad SMARTS) is 1. The molecule has 1 aliphatic carbocycles. The summed E-state index contributed by atoms with van der Waals surface area (Å²) in [5.74, 6) is -1.09. The van der Waals surface area contributed by atoms with Crippen LogP contribution in [0.15, 0.2) is 0 Å². The van der Waals surface area contributed by atoms with E-state index in [4.69, 9.17) is 5.11 Å². The molecule has 6 heteroatoms. The molecule has 0 aliphatic heterocycles. The van der Waals surface area contributed by atoms with Crippen LogP contribution in [-0.2, 0) is 9.53 Å². The van der Waals surface area contributed by atoms with Crippen LogP contribution in [0, 0.1) is 5.41 Å². The van der Waals surface area contributed by atoms with Crippen molar-refractivity contribution >= 4 is 12.0 Å². The lowest BCUT2D eigenvalue weighted by Gasteiger charge is -2.14. The molecule has 0 saturated heterocycles. The van der Waals surface area contributed by atoms with E-state index in [-0.39, 0.29) is 18.0 Å². The molecule has 0 aromatic rings. The maximum Gasteiger partial charge on any atom is 0.334 e. The molecule has 1 rings (SSSR count). The van der Waals surface area contributed by atoms with E-state index in [1.807, 2.05) is 0 Å². The fourth-order valence-electron chi connectivity index (χ4n) is 1.20. The summed E-state index contributed by atoms with van der Waals surface area (Å²) in [5.41, 5.74) is 0.241. The van der Waals surface area contributed by atoms with Gasteiger partial charge in [0.05, 0.1) is 6.54 Å². The van der Waals surface area contributed by atoms with Crippen LogP contribution in [0.1, 0.15) is 19.8 Å². The molecule has 0 radical (unpaired) electrons. The van der Waals surface area contributed by atoms with Crippen LogP contribution in [-0.4, -0.2) is 43.4 Å². The second-order valence-electron chi connectivity index (χ2n) is 4.44. The number of carboxylic acids is 1. The largest absolute Gasteiger partial charge is 0.479 e. The van der Waals surface area contributed by atoms with Crippen LogP contribution in [0.3, 0.4) is 0 Å². The number of nitrogens with one attached hydrogen (secondary N) is 2. The Morgan fingerprint density at radius 3 is 2.50 bits per heavy atom. The van der Waals surface area contributed by atoms with Crippen LogP contribution in [0.5, 0.6) is 0 Å². The molecule has 2 amide bonds. The summed E-state index contributed by atoms with van der Waals surface area (Å²) in [4.78, 5) is 21.9. The van der Waals surface area contributed by atoms with E-state index in [9.17, 15) is 9.59 Å². The number of carbonyl (C=O) groups is 2. The van der Waals surface area contributed by atoms with Crippen molar-refractivity contribution in [1.29, 1.82) is 0 Å². The van der Waals surface area contributed by atoms with Gasteiger partial charge in [-0.25, -0.2) is 9.59 Å². The second-order valence-corrected chi connectivity index (χ2v) is 4.44. The van der Waals surface area contributed by atoms with Gasteiger partial charge >= 0.3 is 12.0 Å². The van der Waals surface area contributed by atoms with Crippen molar-refractivity contribution in [3.8, 4) is 0 Å². The highest BCUT2D eigenvalue weighted by atomic mass is 16.5. The summed E-state index contributed by atoms with van der Waals surface area (Å²) in [5, 5.41) is 13.8. The molecule has 1 saturated carbocycles. The molecule has 1 aliphatic rings. The molecule has 6 nitrogen and oxygen atoms in total. The summed E-state index contributed by atoms with van der Waals surface area (Å²) in [6, 6.07) is -0.351. The van der Waals surface area contributed by atoms with Gasteiger partial charge in [0.1, 0.15) is 0 Å². The van der Waals surface area contributed by atoms with Crippen molar-refractivity contribution in [2.45, 2.75) is 25.9 Å². The second kappa shape index (κ2) is 5.16. The molecular formula is C10H18N2O4. The molecule has 1 unspecified atom stereocenters. The first kappa shape index (κ1) is 12.8. The summed E-state index contributed by atoms with van der Waals surface area (Å²) >= 11 is 0. The Hall–Kier alpha value is -1.30. The summed E-state index contributed by atoms with van der Waals surface area (Å²) in [7, 11) is 1.30. The van der Waals surface area contributed by atoms with Crippen molar-refractivity contribution in [3.63, 3.8) is 0 Å². The number of methoxy groups -OCH3 is 1. The highest BCUT2D eigenvalue weighted by molar-refractivity contribution is 5.76. The molecule has 1 fully saturated rings. The molecule has 0 spiro atoms. The van der Waals surface area contributed by atoms with E-state index in [1.165, 1.54) is 7.11 Å². The molecule has 0 heterocycles. The third-order valence-electron chi connectivity index (χ3n) is 2.79. The first-order valence-electron chi connectivity index (χ1n) is 5.24. The molecule has 92 valence electrons. The molecule has 3 N–H and O–H groups in total. The zero-order valence-electron chi connectivity index (χ0n) is 9.58. The van der Waals surface area contributed by atoms with Gasteiger partial charge in [0, 0.05) is 13.7 Å². The van der Waals surface area contributed by atoms with Gasteiger partial charge in [0.15, 0.2) is 6.10 Å². The number of carbonyl (C=O) groups excluding carboxylic acids is 1. The van der Waals surface area contributed by atoms with Crippen LogP contribution >= 0.6 is 0 Å². The standard InChI is InChI=1S/C10H18N2O4/c1-10(3-4-10)6-12-9(15)11-5-7(16-2)8(13)14/h7H,3-6H2,1-2H3,(H,13,14)(H2,11,12,15). The maximum absolute atomic E-state index is 11.3. The summed E-state index contributed by atoms with van der Waals surface area (Å²) in [6.07, 6.45) is 1.26. The van der Waals surface area contributed by atoms with Crippen LogP contribution in [0.4, 0.5) is 4.79 Å². The number of urea groups is 1. The SMILES string of the molecule is COC(CNC(=O)NCC1(C)CC1)C(=O)O. The Balaban J connectivity index is 2.16. The van der Waals surface area contributed by atoms with Gasteiger partial charge in [-0.1, -0.05) is 6.92 Å². The van der Waals surface area contributed by atoms with Gasteiger partial charge < -0.3 is 20.5 Å². The van der Waals surface area contributed by atoms with Gasteiger partial charge in [-0.3, -0.25) is 0 Å². The van der Waals surface area contributed by atoms with Gasteiger partial charge in [-0.15, -0.1) is 0 Å². The van der Waals surface area contributed by atoms with Crippen LogP contribution in [0.2, 0.25) is 0 Å². The first-order chi connectivity index (χ1) is 7.47. The van der Waals surface area contributed by atoms with E-state index < -0.39 is 12.1 Å². The number of amides is 2. The van der Waals surface area contributed by atoms with E-state index in [2.05, 4.69) is 22.3 Å². The Morgan fingerprint density at radius 1 is 1.44 bits per heavy atom. The number of aliphatic carboxylic acids is 1. The molecule has 0 bridgehead atoms. The van der Waals surface area contributed by atoms with Crippen molar-refractivity contribution in [3.05, 3.63) is 0 Å². The van der Waals surface area contributed by atoms with Crippen molar-refractivity contribution in [2.24, 2.45) is 5.41 Å². The number of hydrogen-bond acceptors (Lipinski definition) is 3. The fourth-order valence-corrected chi connectivity index (χ4v) is 1.20. The Morgan fingerprint density at radius 2 is 2.06 bits per heavy atom. The smallest absolute Gasteiger partial charge is 0.334 e. The third-order valence-corrected chi connectivity index (χ3v) is 2.79. The Labute approximate surface area is 94.3 Å². The van der Waals surface area contributed by atoms with Crippen molar-refractivity contribution < 1.29 is 19.4 Å². The summed E-state index contributed by atoms with van der Waals surface area (Å²) in [6.45, 7) is 2.69. The lowest BCUT2D eigenvalue weighted by atomic mass is 10.1. The predicted octanol–water partition coefficient (Wildman–Crippen LogP) is 0.185. The maximum atomic E-state index is 11.3. The summed E-state index contributed by atoms with van der Waals surface area (Å²) < 4.78 is 4.68. The zero-order chi connectivity index (χ0) is 12.2. The van der Waals surface area contributed by atoms with Crippen molar-refractivity contribution in [2.75, 3.05) is 20.2 Å². The molecule has 0 aromatic heterocycles. The average molecular weight is 230 g/mol. The fraction of sp³-hybridized carbons (Fsp3) is 0.800. The predicted molar refractivity (Wildman–Crippen MR) is 57.2 cm³/mol. The normalized spacial score (nSPS) is 18.6. The lowest BCUT2D eigenvalue weighted by molar-refractivity contribution is -0.147. The van der Waals surface area contributed by atoms with Gasteiger partial charge in [0.25, 0.3) is 0 Å². The first-order valence-corrected chi connectivity index (χ1v) is 5.24. The molecular weight excluding hydrogens is 212 g/mol.